The molecular weight excluding hydrogens is 366 g/mol. The molecule has 1 aliphatic carbocycles. The summed E-state index contributed by atoms with van der Waals surface area (Å²) in [6.45, 7) is 0. The molecule has 0 aliphatic heterocycles. The fourth-order valence-corrected chi connectivity index (χ4v) is 3.24. The zero-order chi connectivity index (χ0) is 18.4. The Labute approximate surface area is 140 Å². The molecule has 136 valence electrons. The summed E-state index contributed by atoms with van der Waals surface area (Å²) in [5, 5.41) is 3.14. The zero-order valence-corrected chi connectivity index (χ0v) is 13.7. The minimum Gasteiger partial charge on any atom is -0.329 e. The van der Waals surface area contributed by atoms with Gasteiger partial charge < -0.3 is 4.52 Å². The quantitative estimate of drug-likeness (QED) is 0.808. The van der Waals surface area contributed by atoms with E-state index < -0.39 is 39.8 Å². The number of nitrogens with one attached hydrogen (secondary N) is 1. The van der Waals surface area contributed by atoms with Crippen molar-refractivity contribution in [3.05, 3.63) is 35.5 Å². The highest BCUT2D eigenvalue weighted by Gasteiger charge is 2.39. The highest BCUT2D eigenvalue weighted by Crippen LogP contribution is 2.42. The number of alkyl halides is 3. The van der Waals surface area contributed by atoms with Crippen molar-refractivity contribution in [2.24, 2.45) is 5.92 Å². The number of benzene rings is 1. The summed E-state index contributed by atoms with van der Waals surface area (Å²) in [7, 11) is -3.50. The summed E-state index contributed by atoms with van der Waals surface area (Å²) in [5.41, 5.74) is 0.116. The van der Waals surface area contributed by atoms with E-state index in [9.17, 15) is 26.0 Å². The number of hydrogen-bond acceptors (Lipinski definition) is 5. The molecule has 1 heterocycles. The Bertz CT molecular complexity index is 891. The third-order valence-corrected chi connectivity index (χ3v) is 4.38. The molecule has 6 nitrogen and oxygen atoms in total. The highest BCUT2D eigenvalue weighted by atomic mass is 32.2. The van der Waals surface area contributed by atoms with Crippen LogP contribution in [0.3, 0.4) is 0 Å². The first-order chi connectivity index (χ1) is 11.5. The molecule has 0 saturated heterocycles. The van der Waals surface area contributed by atoms with Crippen LogP contribution >= 0.6 is 0 Å². The van der Waals surface area contributed by atoms with Crippen molar-refractivity contribution >= 4 is 10.0 Å². The third-order valence-electron chi connectivity index (χ3n) is 3.70. The number of sulfonamides is 1. The maximum Gasteiger partial charge on any atom is 0.471 e. The second-order valence-corrected chi connectivity index (χ2v) is 7.65. The van der Waals surface area contributed by atoms with E-state index in [1.54, 1.807) is 0 Å². The lowest BCUT2D eigenvalue weighted by Crippen LogP contribution is -2.28. The van der Waals surface area contributed by atoms with E-state index in [4.69, 9.17) is 0 Å². The van der Waals surface area contributed by atoms with Gasteiger partial charge in [0.25, 0.3) is 0 Å². The molecule has 1 fully saturated rings. The lowest BCUT2D eigenvalue weighted by molar-refractivity contribution is -0.159. The summed E-state index contributed by atoms with van der Waals surface area (Å²) < 4.78 is 81.3. The first kappa shape index (κ1) is 17.8. The topological polar surface area (TPSA) is 85.1 Å². The van der Waals surface area contributed by atoms with E-state index >= 15 is 0 Å². The molecule has 1 N–H and O–H groups in total. The standard InChI is InChI=1S/C14H13F4N3O3S/c1-25(22,23)21-11(7-2-3-7)8-4-5-9(10(15)6-8)12-19-13(24-20-12)14(16,17)18/h4-7,11,21H,2-3H2,1H3. The summed E-state index contributed by atoms with van der Waals surface area (Å²) in [6.07, 6.45) is -2.21. The van der Waals surface area contributed by atoms with Crippen LogP contribution in [0.5, 0.6) is 0 Å². The number of halogens is 4. The van der Waals surface area contributed by atoms with Crippen molar-refractivity contribution < 1.29 is 30.5 Å². The maximum absolute atomic E-state index is 14.3. The first-order valence-electron chi connectivity index (χ1n) is 7.22. The van der Waals surface area contributed by atoms with Gasteiger partial charge >= 0.3 is 12.1 Å². The van der Waals surface area contributed by atoms with E-state index in [2.05, 4.69) is 19.4 Å². The monoisotopic (exact) mass is 379 g/mol. The Morgan fingerprint density at radius 3 is 2.48 bits per heavy atom. The summed E-state index contributed by atoms with van der Waals surface area (Å²) in [4.78, 5) is 3.14. The van der Waals surface area contributed by atoms with Crippen LogP contribution in [0.4, 0.5) is 17.6 Å². The maximum atomic E-state index is 14.3. The van der Waals surface area contributed by atoms with E-state index in [-0.39, 0.29) is 11.5 Å². The van der Waals surface area contributed by atoms with Gasteiger partial charge in [-0.15, -0.1) is 0 Å². The summed E-state index contributed by atoms with van der Waals surface area (Å²) in [5.74, 6) is -2.91. The van der Waals surface area contributed by atoms with Gasteiger partial charge in [0.1, 0.15) is 5.82 Å². The molecule has 25 heavy (non-hydrogen) atoms. The molecule has 1 aromatic heterocycles. The Morgan fingerprint density at radius 2 is 2.00 bits per heavy atom. The molecule has 2 aromatic rings. The first-order valence-corrected chi connectivity index (χ1v) is 9.12. The molecule has 0 amide bonds. The van der Waals surface area contributed by atoms with Crippen molar-refractivity contribution in [3.8, 4) is 11.4 Å². The second-order valence-electron chi connectivity index (χ2n) is 5.87. The molecular formula is C14H13F4N3O3S. The number of hydrogen-bond donors (Lipinski definition) is 1. The lowest BCUT2D eigenvalue weighted by Gasteiger charge is -2.17. The zero-order valence-electron chi connectivity index (χ0n) is 12.8. The molecule has 1 atom stereocenters. The molecule has 1 aromatic carbocycles. The highest BCUT2D eigenvalue weighted by molar-refractivity contribution is 7.88. The van der Waals surface area contributed by atoms with Crippen molar-refractivity contribution in [1.29, 1.82) is 0 Å². The van der Waals surface area contributed by atoms with Gasteiger partial charge in [-0.2, -0.15) is 18.2 Å². The van der Waals surface area contributed by atoms with Crippen LogP contribution in [-0.2, 0) is 16.2 Å². The van der Waals surface area contributed by atoms with Gasteiger partial charge in [0.05, 0.1) is 11.8 Å². The van der Waals surface area contributed by atoms with Crippen molar-refractivity contribution in [2.45, 2.75) is 25.1 Å². The van der Waals surface area contributed by atoms with Gasteiger partial charge in [-0.1, -0.05) is 11.2 Å². The van der Waals surface area contributed by atoms with Crippen LogP contribution in [-0.4, -0.2) is 24.8 Å². The normalized spacial score (nSPS) is 16.8. The van der Waals surface area contributed by atoms with E-state index in [0.717, 1.165) is 25.2 Å². The fourth-order valence-electron chi connectivity index (χ4n) is 2.45. The lowest BCUT2D eigenvalue weighted by atomic mass is 10.0. The average molecular weight is 379 g/mol. The van der Waals surface area contributed by atoms with Crippen molar-refractivity contribution in [3.63, 3.8) is 0 Å². The number of nitrogens with zero attached hydrogens (tertiary/aromatic N) is 2. The number of aromatic nitrogens is 2. The molecule has 11 heteroatoms. The molecule has 0 spiro atoms. The van der Waals surface area contributed by atoms with Crippen LogP contribution in [0, 0.1) is 11.7 Å². The molecule has 1 unspecified atom stereocenters. The fraction of sp³-hybridized carbons (Fsp3) is 0.429. The summed E-state index contributed by atoms with van der Waals surface area (Å²) >= 11 is 0. The van der Waals surface area contributed by atoms with E-state index in [1.165, 1.54) is 12.1 Å². The van der Waals surface area contributed by atoms with Crippen LogP contribution < -0.4 is 4.72 Å². The molecule has 1 aliphatic rings. The van der Waals surface area contributed by atoms with Gasteiger partial charge in [-0.3, -0.25) is 0 Å². The van der Waals surface area contributed by atoms with Crippen LogP contribution in [0.25, 0.3) is 11.4 Å². The van der Waals surface area contributed by atoms with Crippen LogP contribution in [0.1, 0.15) is 30.3 Å². The van der Waals surface area contributed by atoms with E-state index in [0.29, 0.717) is 5.56 Å². The van der Waals surface area contributed by atoms with E-state index in [1.807, 2.05) is 0 Å². The minimum absolute atomic E-state index is 0.0574. The van der Waals surface area contributed by atoms with Crippen LogP contribution in [0.15, 0.2) is 22.7 Å². The Kier molecular flexibility index (Phi) is 4.31. The molecule has 0 bridgehead atoms. The molecule has 1 saturated carbocycles. The smallest absolute Gasteiger partial charge is 0.329 e. The molecule has 0 radical (unpaired) electrons. The summed E-state index contributed by atoms with van der Waals surface area (Å²) in [6, 6.07) is 3.12. The Hall–Kier alpha value is -2.01. The minimum atomic E-state index is -4.82. The largest absolute Gasteiger partial charge is 0.471 e. The molecule has 3 rings (SSSR count). The number of rotatable bonds is 5. The predicted molar refractivity (Wildman–Crippen MR) is 78.1 cm³/mol. The second kappa shape index (κ2) is 6.06. The van der Waals surface area contributed by atoms with Crippen molar-refractivity contribution in [2.75, 3.05) is 6.26 Å². The average Bonchev–Trinajstić information content (AvgIpc) is 3.19. The van der Waals surface area contributed by atoms with Gasteiger partial charge in [0.2, 0.25) is 15.8 Å². The van der Waals surface area contributed by atoms with Gasteiger partial charge in [0.15, 0.2) is 0 Å². The van der Waals surface area contributed by atoms with Gasteiger partial charge in [-0.25, -0.2) is 17.5 Å². The van der Waals surface area contributed by atoms with Gasteiger partial charge in [0, 0.05) is 6.04 Å². The predicted octanol–water partition coefficient (Wildman–Crippen LogP) is 2.89. The Morgan fingerprint density at radius 1 is 1.32 bits per heavy atom. The SMILES string of the molecule is CS(=O)(=O)NC(c1ccc(-c2noc(C(F)(F)F)n2)c(F)c1)C1CC1. The Balaban J connectivity index is 1.91. The van der Waals surface area contributed by atoms with Gasteiger partial charge in [-0.05, 0) is 36.5 Å². The third kappa shape index (κ3) is 4.15. The van der Waals surface area contributed by atoms with Crippen molar-refractivity contribution in [1.82, 2.24) is 14.9 Å². The van der Waals surface area contributed by atoms with Crippen LogP contribution in [0.2, 0.25) is 0 Å².